The van der Waals surface area contributed by atoms with Crippen LogP contribution in [0.25, 0.3) is 0 Å². The van der Waals surface area contributed by atoms with Crippen LogP contribution in [0.2, 0.25) is 0 Å². The van der Waals surface area contributed by atoms with Crippen molar-refractivity contribution in [2.75, 3.05) is 5.32 Å². The van der Waals surface area contributed by atoms with Crippen LogP contribution in [0.15, 0.2) is 18.2 Å². The van der Waals surface area contributed by atoms with Crippen molar-refractivity contribution in [1.82, 2.24) is 0 Å². The van der Waals surface area contributed by atoms with Gasteiger partial charge in [-0.2, -0.15) is 8.78 Å². The summed E-state index contributed by atoms with van der Waals surface area (Å²) in [7, 11) is 0. The van der Waals surface area contributed by atoms with Gasteiger partial charge in [0.05, 0.1) is 0 Å². The van der Waals surface area contributed by atoms with Gasteiger partial charge < -0.3 is 5.32 Å². The highest BCUT2D eigenvalue weighted by atomic mass is 19.3. The second-order valence-electron chi connectivity index (χ2n) is 3.06. The van der Waals surface area contributed by atoms with Gasteiger partial charge in [0.25, 0.3) is 5.91 Å². The summed E-state index contributed by atoms with van der Waals surface area (Å²) in [5, 5.41) is 2.19. The van der Waals surface area contributed by atoms with E-state index in [1.165, 1.54) is 0 Å². The highest BCUT2D eigenvalue weighted by Crippen LogP contribution is 2.19. The van der Waals surface area contributed by atoms with Crippen LogP contribution in [0.3, 0.4) is 0 Å². The van der Waals surface area contributed by atoms with E-state index < -0.39 is 12.3 Å². The smallest absolute Gasteiger partial charge is 0.315 e. The number of benzene rings is 1. The van der Waals surface area contributed by atoms with Gasteiger partial charge in [-0.1, -0.05) is 18.2 Å². The SMILES string of the molecule is Cc1cccc(C)c1NC(=O)C(F)F. The minimum absolute atomic E-state index is 0.470. The number of rotatable bonds is 2. The predicted octanol–water partition coefficient (Wildman–Crippen LogP) is 2.51. The Morgan fingerprint density at radius 1 is 1.29 bits per heavy atom. The first kappa shape index (κ1) is 10.6. The molecule has 1 aromatic rings. The summed E-state index contributed by atoms with van der Waals surface area (Å²) >= 11 is 0. The van der Waals surface area contributed by atoms with Crippen LogP contribution < -0.4 is 5.32 Å². The first-order chi connectivity index (χ1) is 6.52. The van der Waals surface area contributed by atoms with Crippen LogP contribution in [0.1, 0.15) is 11.1 Å². The van der Waals surface area contributed by atoms with Crippen molar-refractivity contribution in [2.45, 2.75) is 20.3 Å². The van der Waals surface area contributed by atoms with Gasteiger partial charge in [-0.15, -0.1) is 0 Å². The monoisotopic (exact) mass is 199 g/mol. The predicted molar refractivity (Wildman–Crippen MR) is 50.5 cm³/mol. The lowest BCUT2D eigenvalue weighted by Crippen LogP contribution is -2.21. The Labute approximate surface area is 80.9 Å². The molecule has 0 fully saturated rings. The Morgan fingerprint density at radius 2 is 1.79 bits per heavy atom. The molecular weight excluding hydrogens is 188 g/mol. The van der Waals surface area contributed by atoms with Crippen molar-refractivity contribution in [3.63, 3.8) is 0 Å². The highest BCUT2D eigenvalue weighted by molar-refractivity contribution is 5.94. The van der Waals surface area contributed by atoms with E-state index in [-0.39, 0.29) is 0 Å². The zero-order valence-electron chi connectivity index (χ0n) is 7.97. The number of anilines is 1. The number of hydrogen-bond donors (Lipinski definition) is 1. The van der Waals surface area contributed by atoms with E-state index in [2.05, 4.69) is 5.32 Å². The summed E-state index contributed by atoms with van der Waals surface area (Å²) in [6.07, 6.45) is -2.98. The maximum Gasteiger partial charge on any atom is 0.315 e. The summed E-state index contributed by atoms with van der Waals surface area (Å²) in [5.74, 6) is -1.26. The van der Waals surface area contributed by atoms with E-state index >= 15 is 0 Å². The van der Waals surface area contributed by atoms with Gasteiger partial charge >= 0.3 is 6.43 Å². The molecule has 0 saturated carbocycles. The van der Waals surface area contributed by atoms with Crippen molar-refractivity contribution >= 4 is 11.6 Å². The lowest BCUT2D eigenvalue weighted by Gasteiger charge is -2.10. The molecule has 0 atom stereocenters. The summed E-state index contributed by atoms with van der Waals surface area (Å²) in [6, 6.07) is 5.32. The molecule has 0 bridgehead atoms. The van der Waals surface area contributed by atoms with Gasteiger partial charge in [0.1, 0.15) is 0 Å². The van der Waals surface area contributed by atoms with Crippen LogP contribution >= 0.6 is 0 Å². The minimum Gasteiger partial charge on any atom is -0.321 e. The number of carbonyl (C=O) groups is 1. The fourth-order valence-corrected chi connectivity index (χ4v) is 1.19. The van der Waals surface area contributed by atoms with Crippen molar-refractivity contribution in [3.05, 3.63) is 29.3 Å². The van der Waals surface area contributed by atoms with E-state index in [0.29, 0.717) is 5.69 Å². The first-order valence-electron chi connectivity index (χ1n) is 4.17. The second kappa shape index (κ2) is 4.17. The second-order valence-corrected chi connectivity index (χ2v) is 3.06. The van der Waals surface area contributed by atoms with Crippen LogP contribution in [0.4, 0.5) is 14.5 Å². The fourth-order valence-electron chi connectivity index (χ4n) is 1.19. The molecular formula is C10H11F2NO. The number of para-hydroxylation sites is 1. The number of nitrogens with one attached hydrogen (secondary N) is 1. The maximum atomic E-state index is 12.0. The van der Waals surface area contributed by atoms with Gasteiger partial charge in [0, 0.05) is 5.69 Å². The molecule has 0 radical (unpaired) electrons. The number of carbonyl (C=O) groups excluding carboxylic acids is 1. The molecule has 0 unspecified atom stereocenters. The van der Waals surface area contributed by atoms with Crippen molar-refractivity contribution < 1.29 is 13.6 Å². The molecule has 14 heavy (non-hydrogen) atoms. The summed E-state index contributed by atoms with van der Waals surface area (Å²) in [5.41, 5.74) is 2.02. The van der Waals surface area contributed by atoms with E-state index in [4.69, 9.17) is 0 Å². The fraction of sp³-hybridized carbons (Fsp3) is 0.300. The molecule has 0 spiro atoms. The van der Waals surface area contributed by atoms with Gasteiger partial charge in [0.15, 0.2) is 0 Å². The molecule has 1 aromatic carbocycles. The Balaban J connectivity index is 2.91. The van der Waals surface area contributed by atoms with Crippen molar-refractivity contribution in [2.24, 2.45) is 0 Å². The lowest BCUT2D eigenvalue weighted by atomic mass is 10.1. The molecule has 0 aliphatic rings. The number of alkyl halides is 2. The molecule has 0 aliphatic heterocycles. The number of amides is 1. The third-order valence-corrected chi connectivity index (χ3v) is 1.93. The zero-order valence-corrected chi connectivity index (χ0v) is 7.97. The summed E-state index contributed by atoms with van der Waals surface area (Å²) in [6.45, 7) is 3.52. The van der Waals surface area contributed by atoms with Gasteiger partial charge in [-0.3, -0.25) is 4.79 Å². The lowest BCUT2D eigenvalue weighted by molar-refractivity contribution is -0.126. The molecule has 0 heterocycles. The molecule has 0 saturated heterocycles. The normalized spacial score (nSPS) is 10.4. The topological polar surface area (TPSA) is 29.1 Å². The molecule has 1 rings (SSSR count). The molecule has 4 heteroatoms. The van der Waals surface area contributed by atoms with Crippen LogP contribution in [-0.2, 0) is 4.79 Å². The third kappa shape index (κ3) is 2.28. The first-order valence-corrected chi connectivity index (χ1v) is 4.17. The Morgan fingerprint density at radius 3 is 2.21 bits per heavy atom. The molecule has 1 N–H and O–H groups in total. The standard InChI is InChI=1S/C10H11F2NO/c1-6-4-3-5-7(2)8(6)13-10(14)9(11)12/h3-5,9H,1-2H3,(H,13,14). The van der Waals surface area contributed by atoms with Crippen LogP contribution in [0.5, 0.6) is 0 Å². The molecule has 0 aromatic heterocycles. The van der Waals surface area contributed by atoms with Crippen molar-refractivity contribution in [1.29, 1.82) is 0 Å². The molecule has 0 aliphatic carbocycles. The van der Waals surface area contributed by atoms with Crippen LogP contribution in [-0.4, -0.2) is 12.3 Å². The number of hydrogen-bond acceptors (Lipinski definition) is 1. The van der Waals surface area contributed by atoms with E-state index in [9.17, 15) is 13.6 Å². The highest BCUT2D eigenvalue weighted by Gasteiger charge is 2.16. The Kier molecular flexibility index (Phi) is 3.17. The van der Waals surface area contributed by atoms with E-state index in [1.54, 1.807) is 26.0 Å². The van der Waals surface area contributed by atoms with Crippen LogP contribution in [0, 0.1) is 13.8 Å². The average molecular weight is 199 g/mol. The minimum atomic E-state index is -2.98. The number of halogens is 2. The van der Waals surface area contributed by atoms with Crippen molar-refractivity contribution in [3.8, 4) is 0 Å². The summed E-state index contributed by atoms with van der Waals surface area (Å²) in [4.78, 5) is 10.8. The maximum absolute atomic E-state index is 12.0. The van der Waals surface area contributed by atoms with Gasteiger partial charge in [0.2, 0.25) is 0 Å². The average Bonchev–Trinajstić information content (AvgIpc) is 2.11. The van der Waals surface area contributed by atoms with Gasteiger partial charge in [-0.25, -0.2) is 0 Å². The van der Waals surface area contributed by atoms with Gasteiger partial charge in [-0.05, 0) is 25.0 Å². The third-order valence-electron chi connectivity index (χ3n) is 1.93. The molecule has 76 valence electrons. The molecule has 2 nitrogen and oxygen atoms in total. The largest absolute Gasteiger partial charge is 0.321 e. The summed E-state index contributed by atoms with van der Waals surface area (Å²) < 4.78 is 23.9. The van der Waals surface area contributed by atoms with E-state index in [0.717, 1.165) is 11.1 Å². The Hall–Kier alpha value is -1.45. The zero-order chi connectivity index (χ0) is 10.7. The molecule has 1 amide bonds. The quantitative estimate of drug-likeness (QED) is 0.779. The Bertz CT molecular complexity index is 330. The number of aryl methyl sites for hydroxylation is 2. The van der Waals surface area contributed by atoms with E-state index in [1.807, 2.05) is 6.07 Å².